The van der Waals surface area contributed by atoms with Crippen molar-refractivity contribution in [2.24, 2.45) is 0 Å². The zero-order valence-corrected chi connectivity index (χ0v) is 21.4. The van der Waals surface area contributed by atoms with Crippen LogP contribution in [-0.4, -0.2) is 52.2 Å². The number of anilines is 1. The predicted octanol–water partition coefficient (Wildman–Crippen LogP) is 4.89. The Morgan fingerprint density at radius 3 is 2.71 bits per heavy atom. The summed E-state index contributed by atoms with van der Waals surface area (Å²) < 4.78 is 13.0. The number of amides is 1. The molecular formula is C25H28N4O4S2. The highest BCUT2D eigenvalue weighted by molar-refractivity contribution is 7.99. The van der Waals surface area contributed by atoms with Gasteiger partial charge < -0.3 is 19.4 Å². The Labute approximate surface area is 212 Å². The van der Waals surface area contributed by atoms with Crippen LogP contribution >= 0.6 is 23.1 Å². The lowest BCUT2D eigenvalue weighted by Crippen LogP contribution is -2.19. The van der Waals surface area contributed by atoms with Crippen LogP contribution in [-0.2, 0) is 20.8 Å². The molecule has 35 heavy (non-hydrogen) atoms. The highest BCUT2D eigenvalue weighted by Crippen LogP contribution is 2.40. The summed E-state index contributed by atoms with van der Waals surface area (Å²) in [5, 5.41) is 14.8. The number of thioether (sulfide) groups is 1. The molecule has 1 aliphatic heterocycles. The van der Waals surface area contributed by atoms with E-state index >= 15 is 0 Å². The molecule has 10 heteroatoms. The maximum Gasteiger partial charge on any atom is 0.341 e. The van der Waals surface area contributed by atoms with Crippen molar-refractivity contribution in [3.05, 3.63) is 46.6 Å². The summed E-state index contributed by atoms with van der Waals surface area (Å²) in [6, 6.07) is 7.91. The smallest absolute Gasteiger partial charge is 0.341 e. The third kappa shape index (κ3) is 5.44. The van der Waals surface area contributed by atoms with Gasteiger partial charge in [-0.3, -0.25) is 4.79 Å². The predicted molar refractivity (Wildman–Crippen MR) is 136 cm³/mol. The SMILES string of the molecule is COC(=O)c1c(-c2ccc(C)cc2)csc1NC(=O)CSc1nnc(C2CC2)n1CC1CCCO1. The number of nitrogens with one attached hydrogen (secondary N) is 1. The third-order valence-corrected chi connectivity index (χ3v) is 8.09. The number of carbonyl (C=O) groups excluding carboxylic acids is 2. The Balaban J connectivity index is 1.29. The number of rotatable bonds is 9. The number of aromatic nitrogens is 3. The Bertz CT molecular complexity index is 1210. The molecule has 8 nitrogen and oxygen atoms in total. The fourth-order valence-electron chi connectivity index (χ4n) is 4.21. The van der Waals surface area contributed by atoms with Crippen LogP contribution in [0.3, 0.4) is 0 Å². The summed E-state index contributed by atoms with van der Waals surface area (Å²) in [4.78, 5) is 25.5. The third-order valence-electron chi connectivity index (χ3n) is 6.23. The molecule has 2 fully saturated rings. The van der Waals surface area contributed by atoms with Crippen LogP contribution < -0.4 is 5.32 Å². The molecule has 1 amide bonds. The van der Waals surface area contributed by atoms with E-state index in [1.807, 2.05) is 36.6 Å². The molecule has 184 valence electrons. The van der Waals surface area contributed by atoms with Crippen molar-refractivity contribution < 1.29 is 19.1 Å². The van der Waals surface area contributed by atoms with Gasteiger partial charge in [-0.25, -0.2) is 4.79 Å². The number of hydrogen-bond donors (Lipinski definition) is 1. The van der Waals surface area contributed by atoms with Crippen LogP contribution in [0.1, 0.15) is 53.3 Å². The number of nitrogens with zero attached hydrogens (tertiary/aromatic N) is 3. The van der Waals surface area contributed by atoms with Crippen molar-refractivity contribution in [1.82, 2.24) is 14.8 Å². The first-order chi connectivity index (χ1) is 17.0. The normalized spacial score (nSPS) is 17.5. The Kier molecular flexibility index (Phi) is 7.22. The summed E-state index contributed by atoms with van der Waals surface area (Å²) in [5.74, 6) is 0.929. The number of hydrogen-bond acceptors (Lipinski definition) is 8. The molecule has 1 N–H and O–H groups in total. The van der Waals surface area contributed by atoms with Crippen LogP contribution in [0.4, 0.5) is 5.00 Å². The first kappa shape index (κ1) is 24.0. The lowest BCUT2D eigenvalue weighted by molar-refractivity contribution is -0.113. The van der Waals surface area contributed by atoms with Gasteiger partial charge in [-0.05, 0) is 38.2 Å². The van der Waals surface area contributed by atoms with Crippen molar-refractivity contribution in [3.8, 4) is 11.1 Å². The van der Waals surface area contributed by atoms with E-state index in [-0.39, 0.29) is 17.8 Å². The Morgan fingerprint density at radius 1 is 1.23 bits per heavy atom. The van der Waals surface area contributed by atoms with Crippen molar-refractivity contribution in [1.29, 1.82) is 0 Å². The highest BCUT2D eigenvalue weighted by Gasteiger charge is 2.32. The number of ether oxygens (including phenoxy) is 2. The second kappa shape index (κ2) is 10.5. The van der Waals surface area contributed by atoms with Crippen molar-refractivity contribution in [3.63, 3.8) is 0 Å². The average molecular weight is 513 g/mol. The lowest BCUT2D eigenvalue weighted by atomic mass is 10.0. The maximum atomic E-state index is 12.9. The molecule has 3 aromatic rings. The van der Waals surface area contributed by atoms with Crippen LogP contribution in [0.25, 0.3) is 11.1 Å². The number of methoxy groups -OCH3 is 1. The molecule has 2 aliphatic rings. The van der Waals surface area contributed by atoms with E-state index in [0.29, 0.717) is 16.5 Å². The lowest BCUT2D eigenvalue weighted by Gasteiger charge is -2.14. The van der Waals surface area contributed by atoms with E-state index in [4.69, 9.17) is 9.47 Å². The molecule has 1 saturated heterocycles. The molecule has 2 aromatic heterocycles. The fraction of sp³-hybridized carbons (Fsp3) is 0.440. The Morgan fingerprint density at radius 2 is 2.03 bits per heavy atom. The second-order valence-electron chi connectivity index (χ2n) is 8.91. The minimum atomic E-state index is -0.477. The summed E-state index contributed by atoms with van der Waals surface area (Å²) in [5.41, 5.74) is 3.15. The average Bonchev–Trinajstić information content (AvgIpc) is 3.23. The second-order valence-corrected chi connectivity index (χ2v) is 10.7. The van der Waals surface area contributed by atoms with Crippen LogP contribution in [0.5, 0.6) is 0 Å². The molecule has 0 spiro atoms. The maximum absolute atomic E-state index is 12.9. The summed E-state index contributed by atoms with van der Waals surface area (Å²) in [6.45, 7) is 3.53. The van der Waals surface area contributed by atoms with E-state index in [1.54, 1.807) is 0 Å². The van der Waals surface area contributed by atoms with E-state index in [1.165, 1.54) is 30.2 Å². The summed E-state index contributed by atoms with van der Waals surface area (Å²) >= 11 is 2.68. The zero-order chi connectivity index (χ0) is 24.4. The van der Waals surface area contributed by atoms with Crippen LogP contribution in [0.2, 0.25) is 0 Å². The van der Waals surface area contributed by atoms with Crippen LogP contribution in [0, 0.1) is 6.92 Å². The fourth-order valence-corrected chi connectivity index (χ4v) is 5.94. The quantitative estimate of drug-likeness (QED) is 0.322. The van der Waals surface area contributed by atoms with Gasteiger partial charge in [-0.2, -0.15) is 0 Å². The van der Waals surface area contributed by atoms with Gasteiger partial charge in [0.1, 0.15) is 16.4 Å². The molecule has 0 bridgehead atoms. The minimum absolute atomic E-state index is 0.159. The van der Waals surface area contributed by atoms with Crippen molar-refractivity contribution in [2.75, 3.05) is 24.8 Å². The number of benzene rings is 1. The van der Waals surface area contributed by atoms with E-state index in [0.717, 1.165) is 66.5 Å². The van der Waals surface area contributed by atoms with Gasteiger partial charge in [0.05, 0.1) is 25.5 Å². The number of esters is 1. The van der Waals surface area contributed by atoms with Gasteiger partial charge in [0.25, 0.3) is 0 Å². The molecular weight excluding hydrogens is 484 g/mol. The minimum Gasteiger partial charge on any atom is -0.465 e. The van der Waals surface area contributed by atoms with Gasteiger partial charge >= 0.3 is 5.97 Å². The van der Waals surface area contributed by atoms with Crippen molar-refractivity contribution >= 4 is 40.0 Å². The number of carbonyl (C=O) groups is 2. The van der Waals surface area contributed by atoms with Gasteiger partial charge in [0, 0.05) is 23.5 Å². The Hall–Kier alpha value is -2.69. The number of aryl methyl sites for hydroxylation is 1. The largest absolute Gasteiger partial charge is 0.465 e. The van der Waals surface area contributed by atoms with Crippen molar-refractivity contribution in [2.45, 2.75) is 56.3 Å². The standard InChI is InChI=1S/C25H28N4O4S2/c1-15-5-7-16(8-6-15)19-13-34-23(21(19)24(31)32-2)26-20(30)14-35-25-28-27-22(17-9-10-17)29(25)12-18-4-3-11-33-18/h5-8,13,17-18H,3-4,9-12,14H2,1-2H3,(H,26,30). The van der Waals surface area contributed by atoms with Gasteiger partial charge in [-0.1, -0.05) is 41.6 Å². The van der Waals surface area contributed by atoms with Gasteiger partial charge in [-0.15, -0.1) is 21.5 Å². The van der Waals surface area contributed by atoms with E-state index in [9.17, 15) is 9.59 Å². The summed E-state index contributed by atoms with van der Waals surface area (Å²) in [6.07, 6.45) is 4.54. The molecule has 3 heterocycles. The summed E-state index contributed by atoms with van der Waals surface area (Å²) in [7, 11) is 1.35. The first-order valence-electron chi connectivity index (χ1n) is 11.8. The van der Waals surface area contributed by atoms with Crippen LogP contribution in [0.15, 0.2) is 34.8 Å². The van der Waals surface area contributed by atoms with Gasteiger partial charge in [0.15, 0.2) is 5.16 Å². The number of thiophene rings is 1. The molecule has 1 unspecified atom stereocenters. The molecule has 1 aliphatic carbocycles. The molecule has 1 saturated carbocycles. The van der Waals surface area contributed by atoms with E-state index < -0.39 is 5.97 Å². The monoisotopic (exact) mass is 512 g/mol. The zero-order valence-electron chi connectivity index (χ0n) is 19.8. The topological polar surface area (TPSA) is 95.3 Å². The molecule has 0 radical (unpaired) electrons. The van der Waals surface area contributed by atoms with Gasteiger partial charge in [0.2, 0.25) is 5.91 Å². The molecule has 5 rings (SSSR count). The molecule has 1 aromatic carbocycles. The molecule has 1 atom stereocenters. The highest BCUT2D eigenvalue weighted by atomic mass is 32.2. The van der Waals surface area contributed by atoms with E-state index in [2.05, 4.69) is 20.1 Å². The first-order valence-corrected chi connectivity index (χ1v) is 13.6.